The molecule has 2 N–H and O–H groups in total. The van der Waals surface area contributed by atoms with Crippen LogP contribution < -0.4 is 5.32 Å². The van der Waals surface area contributed by atoms with E-state index in [0.29, 0.717) is 13.0 Å². The van der Waals surface area contributed by atoms with Crippen molar-refractivity contribution in [1.82, 2.24) is 10.3 Å². The summed E-state index contributed by atoms with van der Waals surface area (Å²) in [6, 6.07) is 0. The first kappa shape index (κ1) is 14.5. The Hall–Kier alpha value is -0.590. The van der Waals surface area contributed by atoms with Gasteiger partial charge in [0.15, 0.2) is 0 Å². The van der Waals surface area contributed by atoms with E-state index in [4.69, 9.17) is 5.11 Å². The summed E-state index contributed by atoms with van der Waals surface area (Å²) in [7, 11) is 0. The van der Waals surface area contributed by atoms with E-state index < -0.39 is 6.10 Å². The third kappa shape index (κ3) is 6.65. The molecule has 1 heterocycles. The fourth-order valence-electron chi connectivity index (χ4n) is 1.17. The molecule has 0 saturated carbocycles. The van der Waals surface area contributed by atoms with Gasteiger partial charge < -0.3 is 10.4 Å². The number of thiazole rings is 1. The Morgan fingerprint density at radius 2 is 2.47 bits per heavy atom. The molecule has 1 rings (SSSR count). The minimum Gasteiger partial charge on any atom is -0.392 e. The van der Waals surface area contributed by atoms with Gasteiger partial charge in [-0.05, 0) is 13.8 Å². The van der Waals surface area contributed by atoms with E-state index in [9.17, 15) is 4.79 Å². The van der Waals surface area contributed by atoms with Crippen LogP contribution in [0.5, 0.6) is 0 Å². The first-order chi connectivity index (χ1) is 8.08. The molecule has 1 aromatic rings. The van der Waals surface area contributed by atoms with E-state index in [1.54, 1.807) is 30.0 Å². The Bertz CT molecular complexity index is 353. The molecule has 1 atom stereocenters. The average Bonchev–Trinajstić information content (AvgIpc) is 2.68. The molecule has 0 aliphatic carbocycles. The number of aryl methyl sites for hydroxylation is 1. The number of rotatable bonds is 7. The molecule has 0 radical (unpaired) electrons. The van der Waals surface area contributed by atoms with E-state index in [-0.39, 0.29) is 5.91 Å². The molecule has 0 fully saturated rings. The zero-order valence-corrected chi connectivity index (χ0v) is 11.7. The minimum atomic E-state index is -0.482. The molecule has 0 bridgehead atoms. The fraction of sp³-hybridized carbons (Fsp3) is 0.636. The zero-order valence-electron chi connectivity index (χ0n) is 10.1. The van der Waals surface area contributed by atoms with Crippen molar-refractivity contribution in [3.63, 3.8) is 0 Å². The molecule has 17 heavy (non-hydrogen) atoms. The maximum absolute atomic E-state index is 11.3. The summed E-state index contributed by atoms with van der Waals surface area (Å²) in [6.45, 7) is 3.97. The van der Waals surface area contributed by atoms with Crippen LogP contribution in [0.4, 0.5) is 0 Å². The van der Waals surface area contributed by atoms with Crippen LogP contribution in [0.15, 0.2) is 5.38 Å². The van der Waals surface area contributed by atoms with E-state index in [1.165, 1.54) is 0 Å². The van der Waals surface area contributed by atoms with Crippen LogP contribution in [0.2, 0.25) is 0 Å². The number of nitrogens with one attached hydrogen (secondary N) is 1. The molecule has 96 valence electrons. The molecular formula is C11H18N2O2S2. The molecular weight excluding hydrogens is 256 g/mol. The van der Waals surface area contributed by atoms with Gasteiger partial charge in [0.1, 0.15) is 0 Å². The number of aliphatic hydroxyl groups excluding tert-OH is 1. The number of hydrogen-bond acceptors (Lipinski definition) is 5. The number of aliphatic hydroxyl groups is 1. The molecule has 6 heteroatoms. The van der Waals surface area contributed by atoms with Gasteiger partial charge >= 0.3 is 0 Å². The van der Waals surface area contributed by atoms with Gasteiger partial charge in [-0.1, -0.05) is 0 Å². The molecule has 0 saturated heterocycles. The number of aromatic nitrogens is 1. The van der Waals surface area contributed by atoms with Crippen LogP contribution in [0, 0.1) is 6.92 Å². The van der Waals surface area contributed by atoms with Crippen LogP contribution in [0.3, 0.4) is 0 Å². The lowest BCUT2D eigenvalue weighted by Crippen LogP contribution is -2.30. The molecule has 0 aliphatic rings. The fourth-order valence-corrected chi connectivity index (χ4v) is 2.72. The van der Waals surface area contributed by atoms with Crippen molar-refractivity contribution in [3.05, 3.63) is 16.1 Å². The van der Waals surface area contributed by atoms with E-state index >= 15 is 0 Å². The summed E-state index contributed by atoms with van der Waals surface area (Å²) in [6.07, 6.45) is 0.00475. The quantitative estimate of drug-likeness (QED) is 0.741. The summed E-state index contributed by atoms with van der Waals surface area (Å²) in [4.78, 5) is 15.7. The van der Waals surface area contributed by atoms with Crippen LogP contribution in [-0.2, 0) is 10.5 Å². The lowest BCUT2D eigenvalue weighted by atomic mass is 10.4. The third-order valence-electron chi connectivity index (χ3n) is 1.98. The summed E-state index contributed by atoms with van der Waals surface area (Å²) >= 11 is 3.35. The number of carbonyl (C=O) groups excluding carboxylic acids is 1. The van der Waals surface area contributed by atoms with Crippen LogP contribution in [0.25, 0.3) is 0 Å². The standard InChI is InChI=1S/C11H18N2O2S2/c1-8(14)5-12-11(15)3-4-16-6-10-7-17-9(2)13-10/h7-8,14H,3-6H2,1-2H3,(H,12,15)/t8-/m1/s1. The Kier molecular flexibility index (Phi) is 6.54. The monoisotopic (exact) mass is 274 g/mol. The van der Waals surface area contributed by atoms with E-state index in [2.05, 4.69) is 15.7 Å². The van der Waals surface area contributed by atoms with Crippen molar-refractivity contribution in [2.75, 3.05) is 12.3 Å². The van der Waals surface area contributed by atoms with Crippen molar-refractivity contribution >= 4 is 29.0 Å². The first-order valence-corrected chi connectivity index (χ1v) is 7.55. The predicted molar refractivity (Wildman–Crippen MR) is 72.3 cm³/mol. The molecule has 0 aliphatic heterocycles. The normalized spacial score (nSPS) is 12.4. The number of carbonyl (C=O) groups is 1. The van der Waals surface area contributed by atoms with Gasteiger partial charge in [0, 0.05) is 29.9 Å². The SMILES string of the molecule is Cc1nc(CSCCC(=O)NC[C@@H](C)O)cs1. The Labute approximate surface area is 110 Å². The van der Waals surface area contributed by atoms with Gasteiger partial charge in [0.25, 0.3) is 0 Å². The minimum absolute atomic E-state index is 0.00661. The van der Waals surface area contributed by atoms with Gasteiger partial charge in [-0.2, -0.15) is 11.8 Å². The Morgan fingerprint density at radius 3 is 3.06 bits per heavy atom. The second-order valence-electron chi connectivity index (χ2n) is 3.81. The van der Waals surface area contributed by atoms with Crippen molar-refractivity contribution in [2.24, 2.45) is 0 Å². The Morgan fingerprint density at radius 1 is 1.71 bits per heavy atom. The highest BCUT2D eigenvalue weighted by Gasteiger charge is 2.03. The maximum atomic E-state index is 11.3. The van der Waals surface area contributed by atoms with Crippen LogP contribution in [-0.4, -0.2) is 34.4 Å². The Balaban J connectivity index is 2.06. The summed E-state index contributed by atoms with van der Waals surface area (Å²) in [5.41, 5.74) is 1.09. The van der Waals surface area contributed by atoms with Crippen molar-refractivity contribution in [1.29, 1.82) is 0 Å². The molecule has 0 unspecified atom stereocenters. The number of nitrogens with zero attached hydrogens (tertiary/aromatic N) is 1. The second kappa shape index (κ2) is 7.68. The molecule has 1 amide bonds. The number of hydrogen-bond donors (Lipinski definition) is 2. The molecule has 0 spiro atoms. The van der Waals surface area contributed by atoms with Gasteiger partial charge in [0.05, 0.1) is 16.8 Å². The maximum Gasteiger partial charge on any atom is 0.220 e. The molecule has 0 aromatic carbocycles. The number of amides is 1. The van der Waals surface area contributed by atoms with Gasteiger partial charge in [0.2, 0.25) is 5.91 Å². The second-order valence-corrected chi connectivity index (χ2v) is 5.98. The number of thioether (sulfide) groups is 1. The lowest BCUT2D eigenvalue weighted by Gasteiger charge is -2.06. The highest BCUT2D eigenvalue weighted by atomic mass is 32.2. The van der Waals surface area contributed by atoms with Gasteiger partial charge in [-0.25, -0.2) is 4.98 Å². The predicted octanol–water partition coefficient (Wildman–Crippen LogP) is 1.57. The third-order valence-corrected chi connectivity index (χ3v) is 3.80. The van der Waals surface area contributed by atoms with Gasteiger partial charge in [-0.3, -0.25) is 4.79 Å². The highest BCUT2D eigenvalue weighted by molar-refractivity contribution is 7.98. The van der Waals surface area contributed by atoms with Crippen molar-refractivity contribution < 1.29 is 9.90 Å². The van der Waals surface area contributed by atoms with Crippen LogP contribution >= 0.6 is 23.1 Å². The van der Waals surface area contributed by atoms with Crippen molar-refractivity contribution in [3.8, 4) is 0 Å². The summed E-state index contributed by atoms with van der Waals surface area (Å²) in [5.74, 6) is 1.63. The summed E-state index contributed by atoms with van der Waals surface area (Å²) in [5, 5.41) is 14.8. The largest absolute Gasteiger partial charge is 0.392 e. The smallest absolute Gasteiger partial charge is 0.220 e. The van der Waals surface area contributed by atoms with Crippen molar-refractivity contribution in [2.45, 2.75) is 32.1 Å². The zero-order chi connectivity index (χ0) is 12.7. The average molecular weight is 274 g/mol. The topological polar surface area (TPSA) is 62.2 Å². The van der Waals surface area contributed by atoms with E-state index in [1.807, 2.05) is 6.92 Å². The molecule has 1 aromatic heterocycles. The molecule has 4 nitrogen and oxygen atoms in total. The van der Waals surface area contributed by atoms with Crippen LogP contribution in [0.1, 0.15) is 24.0 Å². The van der Waals surface area contributed by atoms with Gasteiger partial charge in [-0.15, -0.1) is 11.3 Å². The highest BCUT2D eigenvalue weighted by Crippen LogP contribution is 2.15. The summed E-state index contributed by atoms with van der Waals surface area (Å²) < 4.78 is 0. The first-order valence-electron chi connectivity index (χ1n) is 5.51. The lowest BCUT2D eigenvalue weighted by molar-refractivity contribution is -0.121. The van der Waals surface area contributed by atoms with E-state index in [0.717, 1.165) is 22.2 Å².